The smallest absolute Gasteiger partial charge is 0.262 e. The minimum Gasteiger partial charge on any atom is -0.493 e. The Bertz CT molecular complexity index is 705. The highest BCUT2D eigenvalue weighted by Crippen LogP contribution is 2.33. The van der Waals surface area contributed by atoms with Crippen LogP contribution in [0.3, 0.4) is 0 Å². The summed E-state index contributed by atoms with van der Waals surface area (Å²) in [6.45, 7) is -0.144. The van der Waals surface area contributed by atoms with Gasteiger partial charge in [0.2, 0.25) is 0 Å². The van der Waals surface area contributed by atoms with Gasteiger partial charge in [-0.2, -0.15) is 0 Å². The van der Waals surface area contributed by atoms with Crippen molar-refractivity contribution in [1.82, 2.24) is 0 Å². The molecule has 0 unspecified atom stereocenters. The van der Waals surface area contributed by atoms with Gasteiger partial charge in [0.05, 0.1) is 16.9 Å². The highest BCUT2D eigenvalue weighted by Gasteiger charge is 2.13. The Labute approximate surface area is 147 Å². The SMILES string of the molecule is COc1cc(/C=N\O)cc(I)c1OCC(=O)Nc1ccccc1. The topological polar surface area (TPSA) is 80.2 Å². The van der Waals surface area contributed by atoms with Crippen LogP contribution in [0, 0.1) is 3.57 Å². The molecule has 2 aromatic carbocycles. The molecule has 0 aliphatic heterocycles. The van der Waals surface area contributed by atoms with E-state index in [-0.39, 0.29) is 12.5 Å². The molecule has 0 bridgehead atoms. The van der Waals surface area contributed by atoms with E-state index in [1.54, 1.807) is 24.3 Å². The van der Waals surface area contributed by atoms with Crippen LogP contribution in [0.15, 0.2) is 47.6 Å². The summed E-state index contributed by atoms with van der Waals surface area (Å²) >= 11 is 2.07. The maximum Gasteiger partial charge on any atom is 0.262 e. The molecule has 2 rings (SSSR count). The fourth-order valence-electron chi connectivity index (χ4n) is 1.88. The van der Waals surface area contributed by atoms with Crippen molar-refractivity contribution in [2.24, 2.45) is 5.16 Å². The monoisotopic (exact) mass is 426 g/mol. The van der Waals surface area contributed by atoms with E-state index >= 15 is 0 Å². The Kier molecular flexibility index (Phi) is 6.21. The fraction of sp³-hybridized carbons (Fsp3) is 0.125. The number of rotatable bonds is 6. The summed E-state index contributed by atoms with van der Waals surface area (Å²) in [6.07, 6.45) is 1.29. The number of anilines is 1. The van der Waals surface area contributed by atoms with Gasteiger partial charge in [0.1, 0.15) is 0 Å². The zero-order chi connectivity index (χ0) is 16.7. The summed E-state index contributed by atoms with van der Waals surface area (Å²) in [7, 11) is 1.50. The fourth-order valence-corrected chi connectivity index (χ4v) is 2.66. The number of oxime groups is 1. The summed E-state index contributed by atoms with van der Waals surface area (Å²) in [4.78, 5) is 11.9. The van der Waals surface area contributed by atoms with Crippen LogP contribution >= 0.6 is 22.6 Å². The quantitative estimate of drug-likeness (QED) is 0.322. The van der Waals surface area contributed by atoms with Crippen molar-refractivity contribution in [3.05, 3.63) is 51.6 Å². The van der Waals surface area contributed by atoms with Gasteiger partial charge in [-0.3, -0.25) is 4.79 Å². The number of amides is 1. The standard InChI is InChI=1S/C16H15IN2O4/c1-22-14-8-11(9-18-21)7-13(17)16(14)23-10-15(20)19-12-5-3-2-4-6-12/h2-9,21H,10H2,1H3,(H,19,20)/b18-9-. The predicted octanol–water partition coefficient (Wildman–Crippen LogP) is 3.13. The number of halogens is 1. The van der Waals surface area contributed by atoms with E-state index in [1.807, 2.05) is 18.2 Å². The lowest BCUT2D eigenvalue weighted by Crippen LogP contribution is -2.20. The van der Waals surface area contributed by atoms with Crippen molar-refractivity contribution in [1.29, 1.82) is 0 Å². The van der Waals surface area contributed by atoms with Crippen LogP contribution in [-0.2, 0) is 4.79 Å². The largest absolute Gasteiger partial charge is 0.493 e. The van der Waals surface area contributed by atoms with Crippen LogP contribution in [0.5, 0.6) is 11.5 Å². The third-order valence-corrected chi connectivity index (χ3v) is 3.67. The van der Waals surface area contributed by atoms with E-state index in [1.165, 1.54) is 13.3 Å². The predicted molar refractivity (Wildman–Crippen MR) is 95.7 cm³/mol. The number of hydrogen-bond donors (Lipinski definition) is 2. The molecule has 0 aliphatic carbocycles. The molecule has 7 heteroatoms. The zero-order valence-electron chi connectivity index (χ0n) is 12.3. The minimum absolute atomic E-state index is 0.144. The first-order valence-corrected chi connectivity index (χ1v) is 7.74. The van der Waals surface area contributed by atoms with Crippen molar-refractivity contribution < 1.29 is 19.5 Å². The first kappa shape index (κ1) is 17.1. The number of ether oxygens (including phenoxy) is 2. The molecule has 0 aromatic heterocycles. The summed E-state index contributed by atoms with van der Waals surface area (Å²) in [5.41, 5.74) is 1.37. The molecular weight excluding hydrogens is 411 g/mol. The van der Waals surface area contributed by atoms with Gasteiger partial charge >= 0.3 is 0 Å². The Hall–Kier alpha value is -2.29. The summed E-state index contributed by atoms with van der Waals surface area (Å²) < 4.78 is 11.6. The van der Waals surface area contributed by atoms with Crippen LogP contribution in [0.1, 0.15) is 5.56 Å². The van der Waals surface area contributed by atoms with E-state index in [4.69, 9.17) is 14.7 Å². The number of methoxy groups -OCH3 is 1. The van der Waals surface area contributed by atoms with Crippen LogP contribution in [0.2, 0.25) is 0 Å². The highest BCUT2D eigenvalue weighted by atomic mass is 127. The molecule has 2 N–H and O–H groups in total. The summed E-state index contributed by atoms with van der Waals surface area (Å²) in [6, 6.07) is 12.6. The molecule has 120 valence electrons. The second kappa shape index (κ2) is 8.37. The van der Waals surface area contributed by atoms with Gasteiger partial charge in [0.25, 0.3) is 5.91 Å². The second-order valence-electron chi connectivity index (χ2n) is 4.48. The van der Waals surface area contributed by atoms with Gasteiger partial charge in [-0.05, 0) is 46.9 Å². The first-order chi connectivity index (χ1) is 11.1. The molecule has 6 nitrogen and oxygen atoms in total. The average Bonchev–Trinajstić information content (AvgIpc) is 2.54. The van der Waals surface area contributed by atoms with E-state index in [2.05, 4.69) is 33.1 Å². The van der Waals surface area contributed by atoms with E-state index in [9.17, 15) is 4.79 Å². The van der Waals surface area contributed by atoms with E-state index in [0.717, 1.165) is 3.57 Å². The van der Waals surface area contributed by atoms with E-state index < -0.39 is 0 Å². The summed E-state index contributed by atoms with van der Waals surface area (Å²) in [5, 5.41) is 14.3. The van der Waals surface area contributed by atoms with Crippen LogP contribution in [-0.4, -0.2) is 31.0 Å². The van der Waals surface area contributed by atoms with Gasteiger partial charge in [0.15, 0.2) is 18.1 Å². The lowest BCUT2D eigenvalue weighted by molar-refractivity contribution is -0.118. The Balaban J connectivity index is 2.06. The van der Waals surface area contributed by atoms with Gasteiger partial charge in [0, 0.05) is 11.3 Å². The third-order valence-electron chi connectivity index (χ3n) is 2.86. The molecule has 0 atom stereocenters. The van der Waals surface area contributed by atoms with Crippen molar-refractivity contribution >= 4 is 40.4 Å². The maximum absolute atomic E-state index is 11.9. The first-order valence-electron chi connectivity index (χ1n) is 6.66. The third kappa shape index (κ3) is 4.85. The maximum atomic E-state index is 11.9. The zero-order valence-corrected chi connectivity index (χ0v) is 14.5. The number of benzene rings is 2. The number of nitrogens with zero attached hydrogens (tertiary/aromatic N) is 1. The average molecular weight is 426 g/mol. The molecule has 0 radical (unpaired) electrons. The highest BCUT2D eigenvalue weighted by molar-refractivity contribution is 14.1. The van der Waals surface area contributed by atoms with Crippen LogP contribution < -0.4 is 14.8 Å². The van der Waals surface area contributed by atoms with Gasteiger partial charge in [-0.25, -0.2) is 0 Å². The second-order valence-corrected chi connectivity index (χ2v) is 5.64. The normalized spacial score (nSPS) is 10.5. The molecule has 23 heavy (non-hydrogen) atoms. The van der Waals surface area contributed by atoms with Crippen molar-refractivity contribution in [3.63, 3.8) is 0 Å². The number of carbonyl (C=O) groups is 1. The Morgan fingerprint density at radius 2 is 2.09 bits per heavy atom. The molecule has 0 saturated heterocycles. The number of carbonyl (C=O) groups excluding carboxylic acids is 1. The van der Waals surface area contributed by atoms with Gasteiger partial charge < -0.3 is 20.0 Å². The lowest BCUT2D eigenvalue weighted by atomic mass is 10.2. The molecule has 0 spiro atoms. The molecule has 2 aromatic rings. The molecule has 0 fully saturated rings. The molecular formula is C16H15IN2O4. The summed E-state index contributed by atoms with van der Waals surface area (Å²) in [5.74, 6) is 0.653. The van der Waals surface area contributed by atoms with Crippen LogP contribution in [0.25, 0.3) is 0 Å². The Morgan fingerprint density at radius 3 is 2.74 bits per heavy atom. The van der Waals surface area contributed by atoms with Gasteiger partial charge in [-0.1, -0.05) is 23.4 Å². The van der Waals surface area contributed by atoms with Gasteiger partial charge in [-0.15, -0.1) is 0 Å². The number of nitrogens with one attached hydrogen (secondary N) is 1. The van der Waals surface area contributed by atoms with Crippen LogP contribution in [0.4, 0.5) is 5.69 Å². The minimum atomic E-state index is -0.268. The van der Waals surface area contributed by atoms with Crippen molar-refractivity contribution in [2.75, 3.05) is 19.0 Å². The molecule has 0 saturated carbocycles. The molecule has 0 heterocycles. The van der Waals surface area contributed by atoms with E-state index in [0.29, 0.717) is 22.7 Å². The number of hydrogen-bond acceptors (Lipinski definition) is 5. The molecule has 0 aliphatic rings. The van der Waals surface area contributed by atoms with Crippen molar-refractivity contribution in [2.45, 2.75) is 0 Å². The Morgan fingerprint density at radius 1 is 1.35 bits per heavy atom. The number of para-hydroxylation sites is 1. The molecule has 1 amide bonds. The van der Waals surface area contributed by atoms with Crippen molar-refractivity contribution in [3.8, 4) is 11.5 Å². The lowest BCUT2D eigenvalue weighted by Gasteiger charge is -2.13.